The van der Waals surface area contributed by atoms with Crippen LogP contribution in [0.25, 0.3) is 0 Å². The number of carbonyl (C=O) groups is 1. The van der Waals surface area contributed by atoms with Gasteiger partial charge in [0, 0.05) is 13.1 Å². The lowest BCUT2D eigenvalue weighted by atomic mass is 10.2. The van der Waals surface area contributed by atoms with Crippen LogP contribution in [0.4, 0.5) is 4.79 Å². The number of amides is 1. The smallest absolute Gasteiger partial charge is 0.405 e. The maximum absolute atomic E-state index is 10.0. The molecule has 5 heteroatoms. The van der Waals surface area contributed by atoms with E-state index in [9.17, 15) is 4.79 Å². The van der Waals surface area contributed by atoms with Gasteiger partial charge in [0.25, 0.3) is 0 Å². The van der Waals surface area contributed by atoms with Crippen molar-refractivity contribution < 1.29 is 14.3 Å². The summed E-state index contributed by atoms with van der Waals surface area (Å²) in [6.45, 7) is 10.3. The second kappa shape index (κ2) is 6.63. The summed E-state index contributed by atoms with van der Waals surface area (Å²) in [7, 11) is 0. The minimum Gasteiger partial charge on any atom is -0.444 e. The Labute approximate surface area is 91.3 Å². The average molecular weight is 218 g/mol. The van der Waals surface area contributed by atoms with Crippen LogP contribution in [0.5, 0.6) is 0 Å². The quantitative estimate of drug-likeness (QED) is 0.633. The molecule has 15 heavy (non-hydrogen) atoms. The molecule has 1 amide bonds. The zero-order valence-electron chi connectivity index (χ0n) is 10.0. The summed E-state index contributed by atoms with van der Waals surface area (Å²) in [5.41, 5.74) is 4.26. The monoisotopic (exact) mass is 218 g/mol. The first-order valence-electron chi connectivity index (χ1n) is 5.12. The Hall–Kier alpha value is -0.810. The highest BCUT2D eigenvalue weighted by molar-refractivity contribution is 5.65. The summed E-state index contributed by atoms with van der Waals surface area (Å²) in [6.07, 6.45) is -0.300. The molecule has 90 valence electrons. The van der Waals surface area contributed by atoms with E-state index in [-0.39, 0.29) is 0 Å². The number of rotatable bonds is 0. The van der Waals surface area contributed by atoms with Crippen LogP contribution >= 0.6 is 0 Å². The number of primary amides is 1. The van der Waals surface area contributed by atoms with Crippen molar-refractivity contribution in [3.63, 3.8) is 0 Å². The molecule has 1 atom stereocenters. The molecule has 0 aromatic rings. The zero-order chi connectivity index (χ0) is 11.9. The molecule has 1 saturated heterocycles. The lowest BCUT2D eigenvalue weighted by Gasteiger charge is -2.18. The second-order valence-electron chi connectivity index (χ2n) is 4.42. The van der Waals surface area contributed by atoms with E-state index in [1.54, 1.807) is 20.8 Å². The van der Waals surface area contributed by atoms with Gasteiger partial charge in [-0.15, -0.1) is 0 Å². The Bertz CT molecular complexity index is 184. The molecule has 3 N–H and O–H groups in total. The van der Waals surface area contributed by atoms with Crippen LogP contribution in [0.15, 0.2) is 0 Å². The first-order chi connectivity index (χ1) is 6.81. The number of nitrogens with two attached hydrogens (primary N) is 1. The van der Waals surface area contributed by atoms with Crippen LogP contribution < -0.4 is 11.1 Å². The van der Waals surface area contributed by atoms with Crippen molar-refractivity contribution >= 4 is 6.09 Å². The van der Waals surface area contributed by atoms with E-state index < -0.39 is 11.7 Å². The van der Waals surface area contributed by atoms with Gasteiger partial charge in [0.15, 0.2) is 0 Å². The van der Waals surface area contributed by atoms with Gasteiger partial charge in [0.2, 0.25) is 0 Å². The fourth-order valence-electron chi connectivity index (χ4n) is 0.998. The van der Waals surface area contributed by atoms with E-state index >= 15 is 0 Å². The molecule has 0 aliphatic carbocycles. The summed E-state index contributed by atoms with van der Waals surface area (Å²) in [5, 5.41) is 3.21. The van der Waals surface area contributed by atoms with E-state index in [1.165, 1.54) is 0 Å². The predicted molar refractivity (Wildman–Crippen MR) is 58.7 cm³/mol. The van der Waals surface area contributed by atoms with Crippen molar-refractivity contribution in [3.8, 4) is 0 Å². The van der Waals surface area contributed by atoms with Crippen LogP contribution in [0, 0.1) is 0 Å². The lowest BCUT2D eigenvalue weighted by Crippen LogP contribution is -2.36. The summed E-state index contributed by atoms with van der Waals surface area (Å²) < 4.78 is 9.79. The Morgan fingerprint density at radius 1 is 1.53 bits per heavy atom. The number of nitrogens with one attached hydrogen (secondary N) is 1. The fourth-order valence-corrected chi connectivity index (χ4v) is 0.998. The van der Waals surface area contributed by atoms with Crippen LogP contribution in [-0.2, 0) is 9.47 Å². The second-order valence-corrected chi connectivity index (χ2v) is 4.42. The van der Waals surface area contributed by atoms with Crippen molar-refractivity contribution in [3.05, 3.63) is 0 Å². The molecule has 0 bridgehead atoms. The van der Waals surface area contributed by atoms with Crippen LogP contribution in [0.1, 0.15) is 27.7 Å². The van der Waals surface area contributed by atoms with Gasteiger partial charge in [-0.25, -0.2) is 4.79 Å². The molecule has 1 aliphatic rings. The predicted octanol–water partition coefficient (Wildman–Crippen LogP) is 0.875. The molecule has 0 saturated carbocycles. The van der Waals surface area contributed by atoms with Crippen LogP contribution in [-0.4, -0.2) is 37.5 Å². The van der Waals surface area contributed by atoms with Crippen molar-refractivity contribution in [2.24, 2.45) is 5.73 Å². The molecule has 0 radical (unpaired) electrons. The third kappa shape index (κ3) is 11.1. The van der Waals surface area contributed by atoms with Gasteiger partial charge in [-0.05, 0) is 27.7 Å². The Morgan fingerprint density at radius 2 is 2.13 bits per heavy atom. The van der Waals surface area contributed by atoms with E-state index in [0.717, 1.165) is 19.7 Å². The number of morpholine rings is 1. The first kappa shape index (κ1) is 14.2. The van der Waals surface area contributed by atoms with Crippen molar-refractivity contribution in [1.29, 1.82) is 0 Å². The topological polar surface area (TPSA) is 73.6 Å². The summed E-state index contributed by atoms with van der Waals surface area (Å²) >= 11 is 0. The summed E-state index contributed by atoms with van der Waals surface area (Å²) in [6, 6.07) is 0. The molecule has 5 nitrogen and oxygen atoms in total. The third-order valence-electron chi connectivity index (χ3n) is 1.52. The normalized spacial score (nSPS) is 21.2. The van der Waals surface area contributed by atoms with Gasteiger partial charge in [0.05, 0.1) is 12.7 Å². The SMILES string of the molecule is CC(C)(C)OC(N)=O.CC1CNCCO1. The highest BCUT2D eigenvalue weighted by Gasteiger charge is 2.12. The molecule has 0 aromatic carbocycles. The Kier molecular flexibility index (Phi) is 6.27. The van der Waals surface area contributed by atoms with E-state index in [2.05, 4.69) is 17.0 Å². The number of hydrogen-bond acceptors (Lipinski definition) is 4. The molecule has 1 rings (SSSR count). The minimum atomic E-state index is -0.725. The van der Waals surface area contributed by atoms with Gasteiger partial charge in [0.1, 0.15) is 5.60 Å². The van der Waals surface area contributed by atoms with Gasteiger partial charge in [-0.1, -0.05) is 0 Å². The molecule has 1 heterocycles. The largest absolute Gasteiger partial charge is 0.444 e. The van der Waals surface area contributed by atoms with Crippen LogP contribution in [0.3, 0.4) is 0 Å². The minimum absolute atomic E-state index is 0.425. The van der Waals surface area contributed by atoms with Crippen molar-refractivity contribution in [2.75, 3.05) is 19.7 Å². The maximum Gasteiger partial charge on any atom is 0.405 e. The molecule has 0 aromatic heterocycles. The summed E-state index contributed by atoms with van der Waals surface area (Å²) in [4.78, 5) is 10.0. The van der Waals surface area contributed by atoms with Gasteiger partial charge in [-0.3, -0.25) is 0 Å². The Morgan fingerprint density at radius 3 is 2.27 bits per heavy atom. The fraction of sp³-hybridized carbons (Fsp3) is 0.900. The lowest BCUT2D eigenvalue weighted by molar-refractivity contribution is 0.0410. The van der Waals surface area contributed by atoms with E-state index in [0.29, 0.717) is 6.10 Å². The van der Waals surface area contributed by atoms with Crippen LogP contribution in [0.2, 0.25) is 0 Å². The number of carbonyl (C=O) groups excluding carboxylic acids is 1. The molecule has 1 aliphatic heterocycles. The first-order valence-corrected chi connectivity index (χ1v) is 5.12. The highest BCUT2D eigenvalue weighted by Crippen LogP contribution is 2.04. The van der Waals surface area contributed by atoms with Gasteiger partial charge < -0.3 is 20.5 Å². The van der Waals surface area contributed by atoms with E-state index in [4.69, 9.17) is 10.5 Å². The van der Waals surface area contributed by atoms with Crippen molar-refractivity contribution in [2.45, 2.75) is 39.4 Å². The maximum atomic E-state index is 10.0. The number of hydrogen-bond donors (Lipinski definition) is 2. The molecule has 1 unspecified atom stereocenters. The average Bonchev–Trinajstić information content (AvgIpc) is 2.01. The molecular weight excluding hydrogens is 196 g/mol. The number of ether oxygens (including phenoxy) is 2. The van der Waals surface area contributed by atoms with Crippen molar-refractivity contribution in [1.82, 2.24) is 5.32 Å². The van der Waals surface area contributed by atoms with Gasteiger partial charge in [-0.2, -0.15) is 0 Å². The third-order valence-corrected chi connectivity index (χ3v) is 1.52. The van der Waals surface area contributed by atoms with Gasteiger partial charge >= 0.3 is 6.09 Å². The molecular formula is C10H22N2O3. The molecule has 0 spiro atoms. The molecule has 1 fully saturated rings. The standard InChI is InChI=1S/C5H11NO2.C5H11NO/c1-5(2,3)8-4(6)7;1-5-4-6-2-3-7-5/h1-3H3,(H2,6,7);5-6H,2-4H2,1H3. The Balaban J connectivity index is 0.000000262. The summed E-state index contributed by atoms with van der Waals surface area (Å²) in [5.74, 6) is 0. The zero-order valence-corrected chi connectivity index (χ0v) is 10.0. The van der Waals surface area contributed by atoms with E-state index in [1.807, 2.05) is 0 Å². The highest BCUT2D eigenvalue weighted by atomic mass is 16.6.